The molecule has 1 aromatic carbocycles. The summed E-state index contributed by atoms with van der Waals surface area (Å²) in [6, 6.07) is 5.26. The van der Waals surface area contributed by atoms with Crippen molar-refractivity contribution in [2.75, 3.05) is 10.6 Å². The number of nitrogens with zero attached hydrogens (tertiary/aromatic N) is 4. The van der Waals surface area contributed by atoms with Crippen molar-refractivity contribution >= 4 is 35.4 Å². The van der Waals surface area contributed by atoms with E-state index in [2.05, 4.69) is 31.0 Å². The lowest BCUT2D eigenvalue weighted by Crippen LogP contribution is -2.19. The normalized spacial score (nSPS) is 17.6. The quantitative estimate of drug-likeness (QED) is 0.385. The molecule has 3 N–H and O–H groups in total. The minimum atomic E-state index is -4.43. The molecule has 2 aliphatic rings. The van der Waals surface area contributed by atoms with Gasteiger partial charge in [0.05, 0.1) is 18.2 Å². The zero-order chi connectivity index (χ0) is 23.2. The van der Waals surface area contributed by atoms with E-state index in [1.807, 2.05) is 0 Å². The van der Waals surface area contributed by atoms with Gasteiger partial charge in [-0.2, -0.15) is 32.8 Å². The van der Waals surface area contributed by atoms with Gasteiger partial charge in [-0.1, -0.05) is 12.1 Å². The molecule has 0 spiro atoms. The molecular formula is C21H18F3N7O2. The summed E-state index contributed by atoms with van der Waals surface area (Å²) < 4.78 is 40.5. The molecule has 3 heterocycles. The number of rotatable bonds is 6. The Morgan fingerprint density at radius 3 is 2.73 bits per heavy atom. The van der Waals surface area contributed by atoms with Gasteiger partial charge in [-0.25, -0.2) is 0 Å². The summed E-state index contributed by atoms with van der Waals surface area (Å²) in [7, 11) is 0. The Bertz CT molecular complexity index is 1290. The second-order valence-electron chi connectivity index (χ2n) is 7.90. The van der Waals surface area contributed by atoms with Crippen LogP contribution >= 0.6 is 0 Å². The van der Waals surface area contributed by atoms with Crippen molar-refractivity contribution in [1.29, 1.82) is 0 Å². The summed E-state index contributed by atoms with van der Waals surface area (Å²) in [5.41, 5.74) is 0.881. The van der Waals surface area contributed by atoms with E-state index in [1.165, 1.54) is 16.8 Å². The van der Waals surface area contributed by atoms with Crippen LogP contribution in [0.4, 0.5) is 25.1 Å². The molecule has 12 heteroatoms. The molecule has 0 bridgehead atoms. The van der Waals surface area contributed by atoms with E-state index in [-0.39, 0.29) is 30.9 Å². The number of hydrogen-bond acceptors (Lipinski definition) is 7. The van der Waals surface area contributed by atoms with E-state index in [4.69, 9.17) is 0 Å². The fourth-order valence-corrected chi connectivity index (χ4v) is 3.43. The molecule has 1 saturated heterocycles. The van der Waals surface area contributed by atoms with Crippen molar-refractivity contribution < 1.29 is 22.8 Å². The highest BCUT2D eigenvalue weighted by molar-refractivity contribution is 6.15. The molecule has 9 nitrogen and oxygen atoms in total. The van der Waals surface area contributed by atoms with Gasteiger partial charge >= 0.3 is 6.18 Å². The second kappa shape index (κ2) is 7.87. The number of hydrogen-bond donors (Lipinski definition) is 3. The van der Waals surface area contributed by atoms with Gasteiger partial charge in [0.1, 0.15) is 0 Å². The van der Waals surface area contributed by atoms with E-state index in [0.29, 0.717) is 28.3 Å². The number of nitrogens with one attached hydrogen (secondary N) is 3. The van der Waals surface area contributed by atoms with Crippen molar-refractivity contribution in [2.24, 2.45) is 0 Å². The average molecular weight is 457 g/mol. The predicted octanol–water partition coefficient (Wildman–Crippen LogP) is 2.76. The molecule has 33 heavy (non-hydrogen) atoms. The van der Waals surface area contributed by atoms with E-state index >= 15 is 0 Å². The molecule has 170 valence electrons. The van der Waals surface area contributed by atoms with Gasteiger partial charge in [-0.15, -0.1) is 0 Å². The third-order valence-electron chi connectivity index (χ3n) is 5.24. The topological polar surface area (TPSA) is 113 Å². The Morgan fingerprint density at radius 1 is 1.21 bits per heavy atom. The van der Waals surface area contributed by atoms with Gasteiger partial charge in [0.25, 0.3) is 5.91 Å². The van der Waals surface area contributed by atoms with Gasteiger partial charge in [-0.3, -0.25) is 14.9 Å². The Labute approximate surface area is 185 Å². The Hall–Kier alpha value is -3.96. The fraction of sp³-hybridized carbons (Fsp3) is 0.286. The van der Waals surface area contributed by atoms with E-state index in [9.17, 15) is 22.8 Å². The number of anilines is 2. The molecule has 0 atom stereocenters. The second-order valence-corrected chi connectivity index (χ2v) is 7.90. The number of carbonyl (C=O) groups is 2. The summed E-state index contributed by atoms with van der Waals surface area (Å²) in [5, 5.41) is 12.7. The van der Waals surface area contributed by atoms with Gasteiger partial charge in [0, 0.05) is 23.7 Å². The lowest BCUT2D eigenvalue weighted by molar-refractivity contribution is -0.137. The highest BCUT2D eigenvalue weighted by Gasteiger charge is 2.30. The van der Waals surface area contributed by atoms with Gasteiger partial charge < -0.3 is 10.6 Å². The van der Waals surface area contributed by atoms with Gasteiger partial charge in [0.15, 0.2) is 5.65 Å². The maximum Gasteiger partial charge on any atom is 0.416 e. The first kappa shape index (κ1) is 20.9. The minimum absolute atomic E-state index is 0.0326. The standard InChI is InChI=1S/C21H18F3N7O2/c22-21(23,24)14-3-1-2-11(6-14)9-25-19-29-17-13(7-12-8-16(32)28-18(12)33)10-26-31(17)20(30-19)27-15-4-5-15/h1-3,6-7,10,15H,4-5,8-9H2,(H,28,32,33)(H2,25,27,29,30)/b12-7+. The molecule has 0 unspecified atom stereocenters. The lowest BCUT2D eigenvalue weighted by atomic mass is 10.1. The van der Waals surface area contributed by atoms with Crippen molar-refractivity contribution in [1.82, 2.24) is 24.9 Å². The van der Waals surface area contributed by atoms with Crippen LogP contribution in [0, 0.1) is 0 Å². The Balaban J connectivity index is 1.46. The van der Waals surface area contributed by atoms with Crippen LogP contribution in [0.5, 0.6) is 0 Å². The molecule has 1 aliphatic heterocycles. The molecule has 3 aromatic rings. The van der Waals surface area contributed by atoms with Crippen LogP contribution in [0.25, 0.3) is 11.7 Å². The van der Waals surface area contributed by atoms with Gasteiger partial charge in [-0.05, 0) is 36.6 Å². The molecule has 1 aliphatic carbocycles. The van der Waals surface area contributed by atoms with Crippen molar-refractivity contribution in [3.05, 3.63) is 52.7 Å². The van der Waals surface area contributed by atoms with Crippen LogP contribution in [0.3, 0.4) is 0 Å². The summed E-state index contributed by atoms with van der Waals surface area (Å²) >= 11 is 0. The molecule has 5 rings (SSSR count). The first-order chi connectivity index (χ1) is 15.8. The number of alkyl halides is 3. The number of carbonyl (C=O) groups excluding carboxylic acids is 2. The first-order valence-electron chi connectivity index (χ1n) is 10.2. The highest BCUT2D eigenvalue weighted by Crippen LogP contribution is 2.30. The lowest BCUT2D eigenvalue weighted by Gasteiger charge is -2.11. The van der Waals surface area contributed by atoms with Crippen molar-refractivity contribution in [3.8, 4) is 0 Å². The summed E-state index contributed by atoms with van der Waals surface area (Å²) in [6.45, 7) is 0.0738. The monoisotopic (exact) mass is 457 g/mol. The Morgan fingerprint density at radius 2 is 2.03 bits per heavy atom. The average Bonchev–Trinajstić information content (AvgIpc) is 3.40. The third kappa shape index (κ3) is 4.49. The zero-order valence-electron chi connectivity index (χ0n) is 17.1. The van der Waals surface area contributed by atoms with Crippen LogP contribution in [0.1, 0.15) is 36.0 Å². The maximum absolute atomic E-state index is 13.0. The molecule has 2 aromatic heterocycles. The predicted molar refractivity (Wildman–Crippen MR) is 112 cm³/mol. The first-order valence-corrected chi connectivity index (χ1v) is 10.2. The molecule has 2 amide bonds. The van der Waals surface area contributed by atoms with E-state index in [0.717, 1.165) is 25.0 Å². The van der Waals surface area contributed by atoms with Crippen molar-refractivity contribution in [3.63, 3.8) is 0 Å². The van der Waals surface area contributed by atoms with E-state index < -0.39 is 17.6 Å². The van der Waals surface area contributed by atoms with Gasteiger partial charge in [0.2, 0.25) is 17.8 Å². The Kier molecular flexibility index (Phi) is 4.99. The zero-order valence-corrected chi connectivity index (χ0v) is 17.1. The molecule has 0 radical (unpaired) electrons. The summed E-state index contributed by atoms with van der Waals surface area (Å²) in [6.07, 6.45) is 0.572. The van der Waals surface area contributed by atoms with Crippen LogP contribution in [0.15, 0.2) is 36.0 Å². The third-order valence-corrected chi connectivity index (χ3v) is 5.24. The summed E-state index contributed by atoms with van der Waals surface area (Å²) in [4.78, 5) is 32.3. The van der Waals surface area contributed by atoms with Crippen LogP contribution < -0.4 is 16.0 Å². The van der Waals surface area contributed by atoms with Crippen LogP contribution in [0.2, 0.25) is 0 Å². The number of fused-ring (bicyclic) bond motifs is 1. The SMILES string of the molecule is O=C1C/C(=C\c2cnn3c(NC4CC4)nc(NCc4cccc(C(F)(F)F)c4)nc23)C(=O)N1. The van der Waals surface area contributed by atoms with E-state index in [1.54, 1.807) is 12.1 Å². The van der Waals surface area contributed by atoms with Crippen LogP contribution in [-0.2, 0) is 22.3 Å². The fourth-order valence-electron chi connectivity index (χ4n) is 3.43. The summed E-state index contributed by atoms with van der Waals surface area (Å²) in [5.74, 6) is -0.231. The number of imide groups is 1. The molecular weight excluding hydrogens is 439 g/mol. The number of halogens is 3. The highest BCUT2D eigenvalue weighted by atomic mass is 19.4. The number of benzene rings is 1. The largest absolute Gasteiger partial charge is 0.416 e. The number of amides is 2. The van der Waals surface area contributed by atoms with Crippen molar-refractivity contribution in [2.45, 2.75) is 38.0 Å². The molecule has 2 fully saturated rings. The smallest absolute Gasteiger partial charge is 0.351 e. The number of aromatic nitrogens is 4. The van der Waals surface area contributed by atoms with Crippen LogP contribution in [-0.4, -0.2) is 37.4 Å². The minimum Gasteiger partial charge on any atom is -0.351 e. The molecule has 1 saturated carbocycles. The maximum atomic E-state index is 13.0.